The number of carbonyl (C=O) groups is 3. The lowest BCUT2D eigenvalue weighted by atomic mass is 10.1. The van der Waals surface area contributed by atoms with Crippen LogP contribution in [0.25, 0.3) is 0 Å². The van der Waals surface area contributed by atoms with Gasteiger partial charge in [-0.25, -0.2) is 4.79 Å². The van der Waals surface area contributed by atoms with E-state index < -0.39 is 18.0 Å². The number of benzene rings is 1. The summed E-state index contributed by atoms with van der Waals surface area (Å²) in [6.45, 7) is 2.28. The molecule has 24 heavy (non-hydrogen) atoms. The fraction of sp³-hybridized carbons (Fsp3) is 0.400. The van der Waals surface area contributed by atoms with Crippen LogP contribution >= 0.6 is 23.2 Å². The van der Waals surface area contributed by atoms with Crippen LogP contribution in [0.2, 0.25) is 10.0 Å². The molecule has 2 saturated heterocycles. The summed E-state index contributed by atoms with van der Waals surface area (Å²) in [7, 11) is 0. The van der Waals surface area contributed by atoms with Crippen LogP contribution in [0.5, 0.6) is 0 Å². The molecule has 1 atom stereocenters. The minimum Gasteiger partial charge on any atom is -0.368 e. The topological polar surface area (TPSA) is 81.8 Å². The van der Waals surface area contributed by atoms with Gasteiger partial charge in [-0.1, -0.05) is 23.2 Å². The first-order valence-corrected chi connectivity index (χ1v) is 8.29. The molecule has 0 bridgehead atoms. The van der Waals surface area contributed by atoms with Crippen LogP contribution in [0.1, 0.15) is 6.42 Å². The summed E-state index contributed by atoms with van der Waals surface area (Å²) in [6, 6.07) is 4.01. The van der Waals surface area contributed by atoms with Gasteiger partial charge in [0, 0.05) is 31.9 Å². The highest BCUT2D eigenvalue weighted by atomic mass is 35.5. The molecule has 2 fully saturated rings. The van der Waals surface area contributed by atoms with Gasteiger partial charge in [-0.15, -0.1) is 0 Å². The molecule has 128 valence electrons. The molecule has 1 aromatic rings. The molecule has 7 nitrogen and oxygen atoms in total. The van der Waals surface area contributed by atoms with Crippen molar-refractivity contribution in [2.45, 2.75) is 12.5 Å². The minimum atomic E-state index is -0.789. The molecule has 2 heterocycles. The van der Waals surface area contributed by atoms with Crippen LogP contribution in [0.4, 0.5) is 10.5 Å². The molecule has 0 aromatic heterocycles. The second-order valence-corrected chi connectivity index (χ2v) is 6.50. The molecular formula is C15H16Cl2N4O3. The zero-order chi connectivity index (χ0) is 17.3. The molecule has 0 aliphatic carbocycles. The maximum atomic E-state index is 12.5. The van der Waals surface area contributed by atoms with Gasteiger partial charge in [0.05, 0.1) is 16.5 Å². The average Bonchev–Trinajstić information content (AvgIpc) is 2.56. The SMILES string of the molecule is O=C1CC(C(=O)N2CCN(c3ccc(Cl)c(Cl)c3)CC2)NC(=O)N1. The molecule has 0 saturated carbocycles. The van der Waals surface area contributed by atoms with Gasteiger partial charge in [0.15, 0.2) is 0 Å². The third kappa shape index (κ3) is 3.57. The van der Waals surface area contributed by atoms with Gasteiger partial charge < -0.3 is 15.1 Å². The zero-order valence-electron chi connectivity index (χ0n) is 12.7. The Balaban J connectivity index is 1.60. The Bertz CT molecular complexity index is 673. The number of nitrogens with zero attached hydrogens (tertiary/aromatic N) is 2. The van der Waals surface area contributed by atoms with Crippen molar-refractivity contribution in [3.63, 3.8) is 0 Å². The number of nitrogens with one attached hydrogen (secondary N) is 2. The van der Waals surface area contributed by atoms with Crippen molar-refractivity contribution in [3.8, 4) is 0 Å². The van der Waals surface area contributed by atoms with Crippen molar-refractivity contribution in [3.05, 3.63) is 28.2 Å². The highest BCUT2D eigenvalue weighted by Gasteiger charge is 2.33. The Morgan fingerprint density at radius 2 is 1.79 bits per heavy atom. The number of urea groups is 1. The van der Waals surface area contributed by atoms with Crippen LogP contribution in [-0.4, -0.2) is 55.0 Å². The molecule has 2 aliphatic heterocycles. The summed E-state index contributed by atoms with van der Waals surface area (Å²) < 4.78 is 0. The van der Waals surface area contributed by atoms with E-state index in [0.29, 0.717) is 36.2 Å². The predicted octanol–water partition coefficient (Wildman–Crippen LogP) is 1.24. The van der Waals surface area contributed by atoms with Gasteiger partial charge in [-0.3, -0.25) is 14.9 Å². The molecule has 0 radical (unpaired) electrons. The summed E-state index contributed by atoms with van der Waals surface area (Å²) >= 11 is 12.0. The summed E-state index contributed by atoms with van der Waals surface area (Å²) in [5, 5.41) is 5.60. The Hall–Kier alpha value is -1.99. The number of carbonyl (C=O) groups excluding carboxylic acids is 3. The smallest absolute Gasteiger partial charge is 0.322 e. The monoisotopic (exact) mass is 370 g/mol. The lowest BCUT2D eigenvalue weighted by molar-refractivity contribution is -0.136. The number of halogens is 2. The summed E-state index contributed by atoms with van der Waals surface area (Å²) in [5.41, 5.74) is 0.946. The second-order valence-electron chi connectivity index (χ2n) is 5.69. The average molecular weight is 371 g/mol. The number of amides is 4. The molecule has 3 rings (SSSR count). The first-order valence-electron chi connectivity index (χ1n) is 7.53. The quantitative estimate of drug-likeness (QED) is 0.820. The number of hydrogen-bond donors (Lipinski definition) is 2. The van der Waals surface area contributed by atoms with E-state index in [1.807, 2.05) is 6.07 Å². The standard InChI is InChI=1S/C15H16Cl2N4O3/c16-10-2-1-9(7-11(10)17)20-3-5-21(6-4-20)14(23)12-8-13(22)19-15(24)18-12/h1-2,7,12H,3-6,8H2,(H2,18,19,22,24). The first kappa shape index (κ1) is 16.9. The van der Waals surface area contributed by atoms with E-state index in [4.69, 9.17) is 23.2 Å². The number of imide groups is 1. The van der Waals surface area contributed by atoms with Crippen molar-refractivity contribution >= 4 is 46.7 Å². The minimum absolute atomic E-state index is 0.0302. The van der Waals surface area contributed by atoms with Crippen molar-refractivity contribution in [2.75, 3.05) is 31.1 Å². The van der Waals surface area contributed by atoms with Crippen molar-refractivity contribution in [2.24, 2.45) is 0 Å². The normalized spacial score (nSPS) is 21.3. The maximum absolute atomic E-state index is 12.5. The largest absolute Gasteiger partial charge is 0.368 e. The molecule has 0 spiro atoms. The van der Waals surface area contributed by atoms with Gasteiger partial charge in [-0.2, -0.15) is 0 Å². The van der Waals surface area contributed by atoms with Crippen molar-refractivity contribution in [1.82, 2.24) is 15.5 Å². The van der Waals surface area contributed by atoms with Crippen LogP contribution in [-0.2, 0) is 9.59 Å². The summed E-state index contributed by atoms with van der Waals surface area (Å²) in [4.78, 5) is 38.9. The molecule has 1 aromatic carbocycles. The first-order chi connectivity index (χ1) is 11.4. The van der Waals surface area contributed by atoms with Crippen LogP contribution in [0.15, 0.2) is 18.2 Å². The van der Waals surface area contributed by atoms with Gasteiger partial charge in [0.1, 0.15) is 6.04 Å². The summed E-state index contributed by atoms with van der Waals surface area (Å²) in [6.07, 6.45) is -0.0302. The van der Waals surface area contributed by atoms with Crippen LogP contribution < -0.4 is 15.5 Å². The molecular weight excluding hydrogens is 355 g/mol. The highest BCUT2D eigenvalue weighted by molar-refractivity contribution is 6.42. The van der Waals surface area contributed by atoms with Gasteiger partial charge in [0.25, 0.3) is 0 Å². The number of hydrogen-bond acceptors (Lipinski definition) is 4. The number of rotatable bonds is 2. The lowest BCUT2D eigenvalue weighted by Gasteiger charge is -2.38. The van der Waals surface area contributed by atoms with E-state index in [9.17, 15) is 14.4 Å². The molecule has 2 N–H and O–H groups in total. The molecule has 9 heteroatoms. The predicted molar refractivity (Wildman–Crippen MR) is 90.3 cm³/mol. The Labute approximate surface area is 148 Å². The van der Waals surface area contributed by atoms with Crippen molar-refractivity contribution in [1.29, 1.82) is 0 Å². The van der Waals surface area contributed by atoms with E-state index in [-0.39, 0.29) is 12.3 Å². The van der Waals surface area contributed by atoms with E-state index in [2.05, 4.69) is 15.5 Å². The third-order valence-electron chi connectivity index (χ3n) is 4.11. The third-order valence-corrected chi connectivity index (χ3v) is 4.84. The van der Waals surface area contributed by atoms with Crippen LogP contribution in [0.3, 0.4) is 0 Å². The number of anilines is 1. The maximum Gasteiger partial charge on any atom is 0.322 e. The van der Waals surface area contributed by atoms with E-state index in [0.717, 1.165) is 5.69 Å². The molecule has 1 unspecified atom stereocenters. The van der Waals surface area contributed by atoms with E-state index >= 15 is 0 Å². The van der Waals surface area contributed by atoms with Crippen LogP contribution in [0, 0.1) is 0 Å². The number of piperazine rings is 1. The van der Waals surface area contributed by atoms with E-state index in [1.165, 1.54) is 0 Å². The molecule has 4 amide bonds. The van der Waals surface area contributed by atoms with E-state index in [1.54, 1.807) is 17.0 Å². The Kier molecular flexibility index (Phi) is 4.82. The van der Waals surface area contributed by atoms with Gasteiger partial charge in [-0.05, 0) is 18.2 Å². The fourth-order valence-electron chi connectivity index (χ4n) is 2.84. The lowest BCUT2D eigenvalue weighted by Crippen LogP contribution is -2.60. The Morgan fingerprint density at radius 1 is 1.08 bits per heavy atom. The van der Waals surface area contributed by atoms with Gasteiger partial charge in [0.2, 0.25) is 11.8 Å². The second kappa shape index (κ2) is 6.86. The van der Waals surface area contributed by atoms with Gasteiger partial charge >= 0.3 is 6.03 Å². The van der Waals surface area contributed by atoms with Crippen molar-refractivity contribution < 1.29 is 14.4 Å². The highest BCUT2D eigenvalue weighted by Crippen LogP contribution is 2.27. The molecule has 2 aliphatic rings. The Morgan fingerprint density at radius 3 is 2.42 bits per heavy atom. The summed E-state index contributed by atoms with van der Waals surface area (Å²) in [5.74, 6) is -0.668. The fourth-order valence-corrected chi connectivity index (χ4v) is 3.14. The zero-order valence-corrected chi connectivity index (χ0v) is 14.2.